The Balaban J connectivity index is 1.13. The molecule has 0 fully saturated rings. The van der Waals surface area contributed by atoms with Gasteiger partial charge < -0.3 is 19.0 Å². The minimum absolute atomic E-state index is 0.0374. The van der Waals surface area contributed by atoms with Crippen molar-refractivity contribution in [2.45, 2.75) is 0 Å². The van der Waals surface area contributed by atoms with Crippen LogP contribution >= 0.6 is 0 Å². The Morgan fingerprint density at radius 3 is 1.85 bits per heavy atom. The highest BCUT2D eigenvalue weighted by atomic mass is 16.5. The van der Waals surface area contributed by atoms with Gasteiger partial charge in [0.2, 0.25) is 0 Å². The topological polar surface area (TPSA) is 28.9 Å². The van der Waals surface area contributed by atoms with E-state index >= 15 is 0 Å². The lowest BCUT2D eigenvalue weighted by Gasteiger charge is -2.40. The molecule has 8 aromatic carbocycles. The molecule has 2 aliphatic heterocycles. The van der Waals surface area contributed by atoms with Crippen LogP contribution in [-0.4, -0.2) is 6.71 Å². The van der Waals surface area contributed by atoms with E-state index in [0.29, 0.717) is 0 Å². The molecule has 2 aliphatic rings. The van der Waals surface area contributed by atoms with Crippen molar-refractivity contribution in [1.29, 1.82) is 0 Å². The quantitative estimate of drug-likeness (QED) is 0.170. The highest BCUT2D eigenvalue weighted by Gasteiger charge is 2.43. The molecule has 11 rings (SSSR count). The summed E-state index contributed by atoms with van der Waals surface area (Å²) in [6, 6.07) is 66.4. The molecule has 0 atom stereocenters. The van der Waals surface area contributed by atoms with Gasteiger partial charge in [-0.2, -0.15) is 0 Å². The van der Waals surface area contributed by atoms with Gasteiger partial charge in [-0.1, -0.05) is 115 Å². The molecule has 0 bridgehead atoms. The number of ether oxygens (including phenoxy) is 1. The first-order chi connectivity index (χ1) is 26.3. The van der Waals surface area contributed by atoms with Crippen LogP contribution in [0.4, 0.5) is 34.1 Å². The van der Waals surface area contributed by atoms with E-state index in [2.05, 4.69) is 186 Å². The first kappa shape index (κ1) is 29.7. The van der Waals surface area contributed by atoms with Crippen LogP contribution in [-0.2, 0) is 0 Å². The number of hydrogen-bond donors (Lipinski definition) is 0. The van der Waals surface area contributed by atoms with Gasteiger partial charge in [0.15, 0.2) is 11.3 Å². The molecule has 53 heavy (non-hydrogen) atoms. The van der Waals surface area contributed by atoms with Crippen LogP contribution in [0.3, 0.4) is 0 Å². The minimum atomic E-state index is -0.0374. The maximum Gasteiger partial charge on any atom is 0.256 e. The molecule has 1 aromatic heterocycles. The van der Waals surface area contributed by atoms with E-state index in [-0.39, 0.29) is 6.71 Å². The smallest absolute Gasteiger partial charge is 0.256 e. The van der Waals surface area contributed by atoms with Gasteiger partial charge in [0.1, 0.15) is 11.3 Å². The molecule has 0 amide bonds. The Morgan fingerprint density at radius 1 is 0.472 bits per heavy atom. The van der Waals surface area contributed by atoms with Crippen molar-refractivity contribution in [1.82, 2.24) is 0 Å². The average Bonchev–Trinajstić information content (AvgIpc) is 3.61. The summed E-state index contributed by atoms with van der Waals surface area (Å²) in [5.41, 5.74) is 13.9. The van der Waals surface area contributed by atoms with Crippen molar-refractivity contribution in [2.75, 3.05) is 9.80 Å². The third-order valence-electron chi connectivity index (χ3n) is 10.7. The van der Waals surface area contributed by atoms with E-state index in [0.717, 1.165) is 84.2 Å². The van der Waals surface area contributed by atoms with E-state index < -0.39 is 0 Å². The summed E-state index contributed by atoms with van der Waals surface area (Å²) in [5.74, 6) is 1.63. The number of anilines is 6. The van der Waals surface area contributed by atoms with Crippen LogP contribution in [0.15, 0.2) is 192 Å². The number of fused-ring (bicyclic) bond motifs is 8. The van der Waals surface area contributed by atoms with Crippen LogP contribution in [0.5, 0.6) is 11.5 Å². The van der Waals surface area contributed by atoms with Gasteiger partial charge >= 0.3 is 0 Å². The summed E-state index contributed by atoms with van der Waals surface area (Å²) in [5, 5.41) is 2.09. The van der Waals surface area contributed by atoms with Gasteiger partial charge in [0, 0.05) is 51.0 Å². The third kappa shape index (κ3) is 4.64. The monoisotopic (exact) mass is 678 g/mol. The Kier molecular flexibility index (Phi) is 6.61. The van der Waals surface area contributed by atoms with Gasteiger partial charge in [-0.05, 0) is 94.2 Å². The molecule has 248 valence electrons. The SMILES string of the molecule is c1ccc(-c2cc3c4c(c2)N(c2ccccc2)c2ccccc2B4c2ccc4c(oc5cc(N(c6ccccc6)c6ccccc6)ccc54)c2O3)cc1. The number of hydrogen-bond acceptors (Lipinski definition) is 4. The molecule has 0 radical (unpaired) electrons. The summed E-state index contributed by atoms with van der Waals surface area (Å²) < 4.78 is 14.0. The largest absolute Gasteiger partial charge is 0.454 e. The van der Waals surface area contributed by atoms with Crippen molar-refractivity contribution >= 4 is 79.2 Å². The van der Waals surface area contributed by atoms with Crippen LogP contribution in [0.25, 0.3) is 33.1 Å². The highest BCUT2D eigenvalue weighted by molar-refractivity contribution is 6.99. The Bertz CT molecular complexity index is 2780. The highest BCUT2D eigenvalue weighted by Crippen LogP contribution is 2.46. The second kappa shape index (κ2) is 11.8. The maximum atomic E-state index is 7.11. The molecule has 4 nitrogen and oxygen atoms in total. The summed E-state index contributed by atoms with van der Waals surface area (Å²) in [7, 11) is 0. The van der Waals surface area contributed by atoms with Crippen molar-refractivity contribution in [3.8, 4) is 22.6 Å². The first-order valence-electron chi connectivity index (χ1n) is 18.0. The Hall–Kier alpha value is -6.98. The molecule has 5 heteroatoms. The fourth-order valence-electron chi connectivity index (χ4n) is 8.37. The molecular formula is C48H31BN2O2. The minimum Gasteiger partial charge on any atom is -0.454 e. The van der Waals surface area contributed by atoms with Crippen molar-refractivity contribution in [3.63, 3.8) is 0 Å². The fraction of sp³-hybridized carbons (Fsp3) is 0. The molecule has 0 saturated heterocycles. The summed E-state index contributed by atoms with van der Waals surface area (Å²) >= 11 is 0. The average molecular weight is 679 g/mol. The van der Waals surface area contributed by atoms with Gasteiger partial charge in [-0.15, -0.1) is 0 Å². The second-order valence-electron chi connectivity index (χ2n) is 13.7. The summed E-state index contributed by atoms with van der Waals surface area (Å²) in [4.78, 5) is 4.65. The van der Waals surface area contributed by atoms with E-state index in [4.69, 9.17) is 9.15 Å². The molecule has 0 N–H and O–H groups in total. The molecule has 9 aromatic rings. The Morgan fingerprint density at radius 2 is 1.11 bits per heavy atom. The lowest BCUT2D eigenvalue weighted by Crippen LogP contribution is -2.59. The predicted octanol–water partition coefficient (Wildman–Crippen LogP) is 11.1. The lowest BCUT2D eigenvalue weighted by atomic mass is 9.34. The molecule has 0 saturated carbocycles. The second-order valence-corrected chi connectivity index (χ2v) is 13.7. The summed E-state index contributed by atoms with van der Waals surface area (Å²) in [6.07, 6.45) is 0. The van der Waals surface area contributed by atoms with Gasteiger partial charge in [-0.3, -0.25) is 0 Å². The molecule has 0 spiro atoms. The molecular weight excluding hydrogens is 647 g/mol. The van der Waals surface area contributed by atoms with Crippen LogP contribution < -0.4 is 30.9 Å². The third-order valence-corrected chi connectivity index (χ3v) is 10.7. The van der Waals surface area contributed by atoms with Crippen LogP contribution in [0.1, 0.15) is 0 Å². The van der Waals surface area contributed by atoms with Crippen molar-refractivity contribution in [2.24, 2.45) is 0 Å². The Labute approximate surface area is 307 Å². The number of benzene rings is 8. The van der Waals surface area contributed by atoms with Crippen LogP contribution in [0.2, 0.25) is 0 Å². The number of furan rings is 1. The standard InChI is InChI=1S/C48H31BN2O2/c1-5-15-32(16-6-1)33-29-43-46-45(30-33)53-48-41(49(46)40-23-13-14-24-42(40)51(43)36-21-11-4-12-22-36)28-27-39-38-26-25-37(31-44(38)52-47(39)48)50(34-17-7-2-8-18-34)35-19-9-3-10-20-35/h1-31H. The normalized spacial score (nSPS) is 12.6. The van der Waals surface area contributed by atoms with Gasteiger partial charge in [-0.25, -0.2) is 0 Å². The fourth-order valence-corrected chi connectivity index (χ4v) is 8.37. The molecule has 3 heterocycles. The van der Waals surface area contributed by atoms with Crippen molar-refractivity contribution in [3.05, 3.63) is 188 Å². The zero-order valence-electron chi connectivity index (χ0n) is 28.7. The first-order valence-corrected chi connectivity index (χ1v) is 18.0. The van der Waals surface area contributed by atoms with E-state index in [1.807, 2.05) is 12.1 Å². The van der Waals surface area contributed by atoms with E-state index in [9.17, 15) is 0 Å². The predicted molar refractivity (Wildman–Crippen MR) is 220 cm³/mol. The number of para-hydroxylation sites is 4. The zero-order chi connectivity index (χ0) is 34.9. The number of rotatable bonds is 5. The number of nitrogens with zero attached hydrogens (tertiary/aromatic N) is 2. The van der Waals surface area contributed by atoms with Gasteiger partial charge in [0.05, 0.1) is 0 Å². The summed E-state index contributed by atoms with van der Waals surface area (Å²) in [6.45, 7) is -0.0374. The van der Waals surface area contributed by atoms with E-state index in [1.54, 1.807) is 0 Å². The van der Waals surface area contributed by atoms with Crippen LogP contribution in [0, 0.1) is 0 Å². The lowest BCUT2D eigenvalue weighted by molar-refractivity contribution is 0.481. The molecule has 0 unspecified atom stereocenters. The van der Waals surface area contributed by atoms with Gasteiger partial charge in [0.25, 0.3) is 6.71 Å². The zero-order valence-corrected chi connectivity index (χ0v) is 28.7. The maximum absolute atomic E-state index is 7.11. The van der Waals surface area contributed by atoms with Crippen molar-refractivity contribution < 1.29 is 9.15 Å². The molecule has 0 aliphatic carbocycles. The van der Waals surface area contributed by atoms with E-state index in [1.165, 1.54) is 10.9 Å².